The van der Waals surface area contributed by atoms with Gasteiger partial charge in [-0.25, -0.2) is 0 Å². The first-order valence-electron chi connectivity index (χ1n) is 4.38. The van der Waals surface area contributed by atoms with Crippen molar-refractivity contribution in [3.8, 4) is 0 Å². The van der Waals surface area contributed by atoms with Crippen LogP contribution in [0.1, 0.15) is 13.8 Å². The Morgan fingerprint density at radius 1 is 1.38 bits per heavy atom. The Morgan fingerprint density at radius 2 is 2.00 bits per heavy atom. The molecule has 1 rings (SSSR count). The van der Waals surface area contributed by atoms with Crippen molar-refractivity contribution in [3.63, 3.8) is 0 Å². The highest BCUT2D eigenvalue weighted by atomic mass is 19.4. The molecule has 0 aromatic rings. The summed E-state index contributed by atoms with van der Waals surface area (Å²) in [6.07, 6.45) is -6.18. The first kappa shape index (κ1) is 10.8. The maximum atomic E-state index is 12.3. The average molecular weight is 197 g/mol. The van der Waals surface area contributed by atoms with Crippen molar-refractivity contribution in [2.75, 3.05) is 19.6 Å². The topological polar surface area (TPSA) is 12.5 Å². The van der Waals surface area contributed by atoms with Crippen molar-refractivity contribution in [2.24, 2.45) is 0 Å². The molecule has 0 amide bonds. The van der Waals surface area contributed by atoms with E-state index in [1.807, 2.05) is 6.92 Å². The van der Waals surface area contributed by atoms with E-state index in [4.69, 9.17) is 4.74 Å². The minimum absolute atomic E-state index is 0.0374. The van der Waals surface area contributed by atoms with E-state index in [0.29, 0.717) is 13.1 Å². The van der Waals surface area contributed by atoms with Crippen molar-refractivity contribution in [3.05, 3.63) is 0 Å². The number of ether oxygens (including phenoxy) is 1. The molecule has 0 saturated carbocycles. The molecule has 0 radical (unpaired) electrons. The summed E-state index contributed by atoms with van der Waals surface area (Å²) in [5.41, 5.74) is 0. The van der Waals surface area contributed by atoms with Crippen LogP contribution in [0.2, 0.25) is 0 Å². The maximum Gasteiger partial charge on any atom is 0.415 e. The minimum atomic E-state index is -4.23. The molecule has 1 heterocycles. The van der Waals surface area contributed by atoms with Crippen LogP contribution in [-0.4, -0.2) is 42.9 Å². The van der Waals surface area contributed by atoms with E-state index in [2.05, 4.69) is 0 Å². The van der Waals surface area contributed by atoms with E-state index >= 15 is 0 Å². The lowest BCUT2D eigenvalue weighted by Gasteiger charge is -2.36. The number of morpholine rings is 1. The van der Waals surface area contributed by atoms with Crippen LogP contribution in [0.3, 0.4) is 0 Å². The predicted molar refractivity (Wildman–Crippen MR) is 42.5 cm³/mol. The molecule has 0 aromatic carbocycles. The van der Waals surface area contributed by atoms with Gasteiger partial charge in [0.2, 0.25) is 0 Å². The Bertz CT molecular complexity index is 171. The molecule has 2 unspecified atom stereocenters. The molecule has 13 heavy (non-hydrogen) atoms. The molecule has 0 aromatic heterocycles. The zero-order valence-electron chi connectivity index (χ0n) is 7.77. The van der Waals surface area contributed by atoms with Crippen molar-refractivity contribution in [1.82, 2.24) is 4.90 Å². The molecule has 1 aliphatic rings. The fourth-order valence-corrected chi connectivity index (χ4v) is 1.48. The molecule has 1 saturated heterocycles. The summed E-state index contributed by atoms with van der Waals surface area (Å²) in [6, 6.07) is 0. The summed E-state index contributed by atoms with van der Waals surface area (Å²) in [5, 5.41) is 0. The van der Waals surface area contributed by atoms with Crippen molar-refractivity contribution in [2.45, 2.75) is 32.2 Å². The van der Waals surface area contributed by atoms with E-state index in [1.54, 1.807) is 11.8 Å². The van der Waals surface area contributed by atoms with Crippen molar-refractivity contribution >= 4 is 0 Å². The lowest BCUT2D eigenvalue weighted by molar-refractivity contribution is -0.251. The summed E-state index contributed by atoms with van der Waals surface area (Å²) in [6.45, 7) is 4.71. The molecule has 78 valence electrons. The number of halogens is 3. The standard InChI is InChI=1S/C8H14F3NO/c1-3-12-4-6(2)13-7(5-12)8(9,10)11/h6-7H,3-5H2,1-2H3. The molecule has 0 N–H and O–H groups in total. The molecular formula is C8H14F3NO. The predicted octanol–water partition coefficient (Wildman–Crippen LogP) is 1.66. The van der Waals surface area contributed by atoms with Crippen LogP contribution in [-0.2, 0) is 4.74 Å². The van der Waals surface area contributed by atoms with Crippen molar-refractivity contribution < 1.29 is 17.9 Å². The molecule has 0 bridgehead atoms. The molecule has 2 atom stereocenters. The second-order valence-electron chi connectivity index (χ2n) is 3.33. The number of likely N-dealkylation sites (N-methyl/N-ethyl adjacent to an activating group) is 1. The molecule has 0 aliphatic carbocycles. The Balaban J connectivity index is 2.57. The van der Waals surface area contributed by atoms with Gasteiger partial charge in [-0.3, -0.25) is 4.90 Å². The summed E-state index contributed by atoms with van der Waals surface area (Å²) < 4.78 is 41.6. The highest BCUT2D eigenvalue weighted by Crippen LogP contribution is 2.27. The van der Waals surface area contributed by atoms with E-state index < -0.39 is 12.3 Å². The fourth-order valence-electron chi connectivity index (χ4n) is 1.48. The Kier molecular flexibility index (Phi) is 3.18. The summed E-state index contributed by atoms with van der Waals surface area (Å²) in [5.74, 6) is 0. The molecule has 0 spiro atoms. The summed E-state index contributed by atoms with van der Waals surface area (Å²) in [7, 11) is 0. The number of rotatable bonds is 1. The van der Waals surface area contributed by atoms with Gasteiger partial charge in [0.25, 0.3) is 0 Å². The molecule has 5 heteroatoms. The van der Waals surface area contributed by atoms with E-state index in [9.17, 15) is 13.2 Å². The molecular weight excluding hydrogens is 183 g/mol. The second kappa shape index (κ2) is 3.84. The second-order valence-corrected chi connectivity index (χ2v) is 3.33. The fraction of sp³-hybridized carbons (Fsp3) is 1.00. The summed E-state index contributed by atoms with van der Waals surface area (Å²) in [4.78, 5) is 1.76. The van der Waals surface area contributed by atoms with Gasteiger partial charge in [0, 0.05) is 13.1 Å². The minimum Gasteiger partial charge on any atom is -0.363 e. The van der Waals surface area contributed by atoms with Gasteiger partial charge in [-0.15, -0.1) is 0 Å². The van der Waals surface area contributed by atoms with Gasteiger partial charge >= 0.3 is 6.18 Å². The van der Waals surface area contributed by atoms with Crippen LogP contribution < -0.4 is 0 Å². The van der Waals surface area contributed by atoms with Gasteiger partial charge in [0.05, 0.1) is 6.10 Å². The highest BCUT2D eigenvalue weighted by molar-refractivity contribution is 4.79. The number of alkyl halides is 3. The van der Waals surface area contributed by atoms with E-state index in [0.717, 1.165) is 0 Å². The largest absolute Gasteiger partial charge is 0.415 e. The SMILES string of the molecule is CCN1CC(C)OC(C(F)(F)F)C1. The van der Waals surface area contributed by atoms with Gasteiger partial charge < -0.3 is 4.74 Å². The monoisotopic (exact) mass is 197 g/mol. The van der Waals surface area contributed by atoms with Gasteiger partial charge in [-0.1, -0.05) is 6.92 Å². The quantitative estimate of drug-likeness (QED) is 0.633. The average Bonchev–Trinajstić information content (AvgIpc) is 2.01. The number of hydrogen-bond acceptors (Lipinski definition) is 2. The van der Waals surface area contributed by atoms with E-state index in [1.165, 1.54) is 0 Å². The molecule has 2 nitrogen and oxygen atoms in total. The molecule has 1 aliphatic heterocycles. The van der Waals surface area contributed by atoms with Gasteiger partial charge in [-0.2, -0.15) is 13.2 Å². The first-order chi connectivity index (χ1) is 5.93. The Labute approximate surface area is 75.7 Å². The zero-order valence-corrected chi connectivity index (χ0v) is 7.77. The Morgan fingerprint density at radius 3 is 2.46 bits per heavy atom. The zero-order chi connectivity index (χ0) is 10.1. The van der Waals surface area contributed by atoms with Crippen molar-refractivity contribution in [1.29, 1.82) is 0 Å². The van der Waals surface area contributed by atoms with Crippen LogP contribution >= 0.6 is 0 Å². The summed E-state index contributed by atoms with van der Waals surface area (Å²) >= 11 is 0. The van der Waals surface area contributed by atoms with Crippen LogP contribution in [0.5, 0.6) is 0 Å². The van der Waals surface area contributed by atoms with Gasteiger partial charge in [0.1, 0.15) is 0 Å². The third-order valence-electron chi connectivity index (χ3n) is 2.15. The van der Waals surface area contributed by atoms with Crippen LogP contribution in [0.4, 0.5) is 13.2 Å². The molecule has 1 fully saturated rings. The van der Waals surface area contributed by atoms with Crippen LogP contribution in [0.25, 0.3) is 0 Å². The maximum absolute atomic E-state index is 12.3. The van der Waals surface area contributed by atoms with E-state index in [-0.39, 0.29) is 12.6 Å². The van der Waals surface area contributed by atoms with Gasteiger partial charge in [-0.05, 0) is 13.5 Å². The first-order valence-corrected chi connectivity index (χ1v) is 4.38. The lowest BCUT2D eigenvalue weighted by Crippen LogP contribution is -2.52. The van der Waals surface area contributed by atoms with Crippen LogP contribution in [0, 0.1) is 0 Å². The smallest absolute Gasteiger partial charge is 0.363 e. The third kappa shape index (κ3) is 2.84. The number of hydrogen-bond donors (Lipinski definition) is 0. The normalized spacial score (nSPS) is 32.1. The lowest BCUT2D eigenvalue weighted by atomic mass is 10.2. The van der Waals surface area contributed by atoms with Gasteiger partial charge in [0.15, 0.2) is 6.10 Å². The van der Waals surface area contributed by atoms with Crippen LogP contribution in [0.15, 0.2) is 0 Å². The Hall–Kier alpha value is -0.290. The number of nitrogens with zero attached hydrogens (tertiary/aromatic N) is 1. The highest BCUT2D eigenvalue weighted by Gasteiger charge is 2.44. The third-order valence-corrected chi connectivity index (χ3v) is 2.15.